The second-order valence-electron chi connectivity index (χ2n) is 4.70. The second-order valence-corrected chi connectivity index (χ2v) is 4.70. The summed E-state index contributed by atoms with van der Waals surface area (Å²) in [7, 11) is 0. The highest BCUT2D eigenvalue weighted by atomic mass is 19.1. The van der Waals surface area contributed by atoms with E-state index in [4.69, 9.17) is 4.42 Å². The zero-order valence-electron chi connectivity index (χ0n) is 10.8. The molecule has 0 fully saturated rings. The van der Waals surface area contributed by atoms with Crippen LogP contribution in [0.5, 0.6) is 0 Å². The summed E-state index contributed by atoms with van der Waals surface area (Å²) >= 11 is 0. The predicted molar refractivity (Wildman–Crippen MR) is 76.2 cm³/mol. The minimum absolute atomic E-state index is 0.267. The quantitative estimate of drug-likeness (QED) is 0.538. The molecule has 0 radical (unpaired) electrons. The molecular formula is C16H9FN2O2. The van der Waals surface area contributed by atoms with Crippen molar-refractivity contribution in [3.05, 3.63) is 70.8 Å². The first kappa shape index (κ1) is 11.8. The van der Waals surface area contributed by atoms with Gasteiger partial charge < -0.3 is 4.42 Å². The molecule has 0 N–H and O–H groups in total. The average molecular weight is 280 g/mol. The highest BCUT2D eigenvalue weighted by molar-refractivity contribution is 5.81. The Labute approximate surface area is 118 Å². The topological polar surface area (TPSA) is 48.0 Å². The maximum absolute atomic E-state index is 13.0. The number of benzene rings is 2. The normalized spacial score (nSPS) is 11.3. The van der Waals surface area contributed by atoms with Crippen LogP contribution in [0, 0.1) is 5.82 Å². The van der Waals surface area contributed by atoms with E-state index in [-0.39, 0.29) is 17.3 Å². The fraction of sp³-hybridized carbons (Fsp3) is 0. The van der Waals surface area contributed by atoms with Gasteiger partial charge in [0.1, 0.15) is 17.0 Å². The molecule has 21 heavy (non-hydrogen) atoms. The summed E-state index contributed by atoms with van der Waals surface area (Å²) in [6, 6.07) is 14.7. The fourth-order valence-electron chi connectivity index (χ4n) is 2.30. The molecule has 102 valence electrons. The molecular weight excluding hydrogens is 271 g/mol. The predicted octanol–water partition coefficient (Wildman–Crippen LogP) is 3.22. The highest BCUT2D eigenvalue weighted by Gasteiger charge is 2.19. The zero-order chi connectivity index (χ0) is 14.4. The summed E-state index contributed by atoms with van der Waals surface area (Å²) in [6.07, 6.45) is 0. The van der Waals surface area contributed by atoms with Gasteiger partial charge in [-0.25, -0.2) is 4.39 Å². The van der Waals surface area contributed by atoms with E-state index in [1.807, 2.05) is 24.3 Å². The molecule has 0 aromatic heterocycles. The van der Waals surface area contributed by atoms with Crippen LogP contribution in [-0.2, 0) is 0 Å². The third-order valence-electron chi connectivity index (χ3n) is 3.34. The molecule has 2 aromatic carbocycles. The van der Waals surface area contributed by atoms with Gasteiger partial charge in [-0.1, -0.05) is 18.2 Å². The van der Waals surface area contributed by atoms with Crippen molar-refractivity contribution in [1.29, 1.82) is 0 Å². The van der Waals surface area contributed by atoms with Crippen molar-refractivity contribution in [3.63, 3.8) is 0 Å². The van der Waals surface area contributed by atoms with Crippen LogP contribution in [0.3, 0.4) is 0 Å². The molecule has 0 aliphatic carbocycles. The molecule has 2 aliphatic heterocycles. The monoisotopic (exact) mass is 280 g/mol. The van der Waals surface area contributed by atoms with Gasteiger partial charge in [0.25, 0.3) is 5.56 Å². The molecule has 2 heterocycles. The van der Waals surface area contributed by atoms with Crippen molar-refractivity contribution >= 4 is 11.0 Å². The lowest BCUT2D eigenvalue weighted by Crippen LogP contribution is -2.14. The van der Waals surface area contributed by atoms with Gasteiger partial charge in [0, 0.05) is 5.39 Å². The van der Waals surface area contributed by atoms with Gasteiger partial charge in [-0.2, -0.15) is 4.68 Å². The van der Waals surface area contributed by atoms with Crippen LogP contribution in [-0.4, -0.2) is 9.78 Å². The van der Waals surface area contributed by atoms with Crippen LogP contribution in [0.1, 0.15) is 0 Å². The molecule has 0 unspecified atom stereocenters. The number of para-hydroxylation sites is 1. The van der Waals surface area contributed by atoms with Gasteiger partial charge in [-0.3, -0.25) is 4.79 Å². The largest absolute Gasteiger partial charge is 0.436 e. The minimum Gasteiger partial charge on any atom is -0.436 e. The fourth-order valence-corrected chi connectivity index (χ4v) is 2.30. The maximum Gasteiger partial charge on any atom is 0.284 e. The molecule has 2 aromatic rings. The van der Waals surface area contributed by atoms with E-state index in [2.05, 4.69) is 5.10 Å². The first-order chi connectivity index (χ1) is 10.2. The van der Waals surface area contributed by atoms with E-state index >= 15 is 0 Å². The summed E-state index contributed by atoms with van der Waals surface area (Å²) in [5.41, 5.74) is 1.27. The van der Waals surface area contributed by atoms with E-state index < -0.39 is 0 Å². The van der Waals surface area contributed by atoms with Crippen molar-refractivity contribution < 1.29 is 8.81 Å². The van der Waals surface area contributed by atoms with Gasteiger partial charge >= 0.3 is 0 Å². The zero-order valence-corrected chi connectivity index (χ0v) is 10.8. The molecule has 0 amide bonds. The molecule has 0 atom stereocenters. The number of fused-ring (bicyclic) bond motifs is 2. The standard InChI is InChI=1S/C16H9FN2O2/c17-11-5-7-12(8-6-11)19-16(20)13-9-10-3-1-2-4-14(10)21-15(13)18-19/h1-9H. The molecule has 4 rings (SSSR count). The molecule has 5 heteroatoms. The van der Waals surface area contributed by atoms with Crippen LogP contribution >= 0.6 is 0 Å². The van der Waals surface area contributed by atoms with Crippen LogP contribution in [0.4, 0.5) is 4.39 Å². The first-order valence-corrected chi connectivity index (χ1v) is 6.40. The van der Waals surface area contributed by atoms with Crippen molar-refractivity contribution in [2.75, 3.05) is 0 Å². The Bertz CT molecular complexity index is 970. The minimum atomic E-state index is -0.363. The lowest BCUT2D eigenvalue weighted by Gasteiger charge is -1.98. The second kappa shape index (κ2) is 4.28. The number of rotatable bonds is 1. The van der Waals surface area contributed by atoms with Crippen molar-refractivity contribution in [1.82, 2.24) is 9.78 Å². The molecule has 0 bridgehead atoms. The lowest BCUT2D eigenvalue weighted by atomic mass is 10.2. The Morgan fingerprint density at radius 2 is 1.81 bits per heavy atom. The molecule has 0 saturated heterocycles. The van der Waals surface area contributed by atoms with Gasteiger partial charge in [0.05, 0.1) is 5.69 Å². The van der Waals surface area contributed by atoms with Gasteiger partial charge in [0.15, 0.2) is 0 Å². The lowest BCUT2D eigenvalue weighted by molar-refractivity contribution is 0.591. The first-order valence-electron chi connectivity index (χ1n) is 6.40. The molecule has 0 spiro atoms. The Morgan fingerprint density at radius 1 is 1.05 bits per heavy atom. The Hall–Kier alpha value is -2.95. The average Bonchev–Trinajstić information content (AvgIpc) is 2.82. The maximum atomic E-state index is 13.0. The van der Waals surface area contributed by atoms with Crippen molar-refractivity contribution in [3.8, 4) is 17.1 Å². The Morgan fingerprint density at radius 3 is 2.62 bits per heavy atom. The van der Waals surface area contributed by atoms with Crippen LogP contribution < -0.4 is 5.56 Å². The number of nitrogens with zero attached hydrogens (tertiary/aromatic N) is 2. The summed E-state index contributed by atoms with van der Waals surface area (Å²) in [5.74, 6) is -0.0960. The van der Waals surface area contributed by atoms with E-state index in [1.165, 1.54) is 28.9 Å². The summed E-state index contributed by atoms with van der Waals surface area (Å²) in [4.78, 5) is 12.4. The number of hydrogen-bond donors (Lipinski definition) is 0. The third kappa shape index (κ3) is 1.82. The Balaban J connectivity index is 2.01. The Kier molecular flexibility index (Phi) is 2.41. The molecule has 2 aliphatic rings. The summed E-state index contributed by atoms with van der Waals surface area (Å²) in [6.45, 7) is 0. The summed E-state index contributed by atoms with van der Waals surface area (Å²) < 4.78 is 19.8. The van der Waals surface area contributed by atoms with E-state index in [9.17, 15) is 9.18 Å². The number of aromatic nitrogens is 2. The molecule has 0 saturated carbocycles. The van der Waals surface area contributed by atoms with Crippen molar-refractivity contribution in [2.45, 2.75) is 0 Å². The smallest absolute Gasteiger partial charge is 0.284 e. The van der Waals surface area contributed by atoms with Crippen molar-refractivity contribution in [2.24, 2.45) is 0 Å². The van der Waals surface area contributed by atoms with Gasteiger partial charge in [0.2, 0.25) is 5.89 Å². The number of halogens is 1. The summed E-state index contributed by atoms with van der Waals surface area (Å²) in [5, 5.41) is 5.01. The molecule has 4 nitrogen and oxygen atoms in total. The van der Waals surface area contributed by atoms with E-state index in [0.717, 1.165) is 5.39 Å². The van der Waals surface area contributed by atoms with Gasteiger partial charge in [-0.15, -0.1) is 5.10 Å². The van der Waals surface area contributed by atoms with E-state index in [0.29, 0.717) is 16.8 Å². The highest BCUT2D eigenvalue weighted by Crippen LogP contribution is 2.24. The van der Waals surface area contributed by atoms with Crippen LogP contribution in [0.25, 0.3) is 28.1 Å². The third-order valence-corrected chi connectivity index (χ3v) is 3.34. The van der Waals surface area contributed by atoms with Crippen LogP contribution in [0.2, 0.25) is 0 Å². The van der Waals surface area contributed by atoms with E-state index in [1.54, 1.807) is 6.07 Å². The SMILES string of the molecule is O=c1c2cc3ccccc3oc-2nn1-c1ccc(F)cc1. The van der Waals surface area contributed by atoms with Crippen LogP contribution in [0.15, 0.2) is 63.8 Å². The van der Waals surface area contributed by atoms with Gasteiger partial charge in [-0.05, 0) is 36.4 Å². The number of hydrogen-bond acceptors (Lipinski definition) is 3.